The topological polar surface area (TPSA) is 46.1 Å². The molecular weight excluding hydrogens is 371 g/mol. The molecule has 0 spiro atoms. The summed E-state index contributed by atoms with van der Waals surface area (Å²) in [6, 6.07) is 5.33. The second-order valence-electron chi connectivity index (χ2n) is 6.77. The van der Waals surface area contributed by atoms with E-state index in [9.17, 15) is 13.2 Å². The third kappa shape index (κ3) is 7.31. The highest BCUT2D eigenvalue weighted by Crippen LogP contribution is 2.29. The Hall–Kier alpha value is -1.80. The van der Waals surface area contributed by atoms with Gasteiger partial charge in [0.1, 0.15) is 0 Å². The van der Waals surface area contributed by atoms with Gasteiger partial charge in [-0.3, -0.25) is 0 Å². The predicted octanol–water partition coefficient (Wildman–Crippen LogP) is 3.69. The van der Waals surface area contributed by atoms with Crippen LogP contribution < -0.4 is 5.32 Å². The maximum Gasteiger partial charge on any atom is 0.416 e. The molecule has 28 heavy (non-hydrogen) atoms. The molecule has 1 N–H and O–H groups in total. The van der Waals surface area contributed by atoms with Crippen LogP contribution in [-0.2, 0) is 22.2 Å². The van der Waals surface area contributed by atoms with Gasteiger partial charge in [0.15, 0.2) is 5.96 Å². The van der Waals surface area contributed by atoms with Crippen molar-refractivity contribution < 1.29 is 22.6 Å². The number of benzene rings is 1. The first-order valence-electron chi connectivity index (χ1n) is 9.74. The quantitative estimate of drug-likeness (QED) is 0.410. The lowest BCUT2D eigenvalue weighted by Crippen LogP contribution is -2.47. The van der Waals surface area contributed by atoms with E-state index in [-0.39, 0.29) is 12.6 Å². The van der Waals surface area contributed by atoms with E-state index in [4.69, 9.17) is 9.47 Å². The van der Waals surface area contributed by atoms with Gasteiger partial charge in [0.25, 0.3) is 0 Å². The largest absolute Gasteiger partial charge is 0.416 e. The summed E-state index contributed by atoms with van der Waals surface area (Å²) in [5.74, 6) is 0.734. The zero-order chi connectivity index (χ0) is 20.4. The van der Waals surface area contributed by atoms with Crippen LogP contribution in [0.4, 0.5) is 13.2 Å². The summed E-state index contributed by atoms with van der Waals surface area (Å²) in [6.07, 6.45) is -1.41. The minimum atomic E-state index is -4.34. The van der Waals surface area contributed by atoms with Gasteiger partial charge in [-0.1, -0.05) is 12.1 Å². The average molecular weight is 401 g/mol. The Balaban J connectivity index is 1.91. The van der Waals surface area contributed by atoms with E-state index in [1.807, 2.05) is 6.92 Å². The molecule has 0 radical (unpaired) electrons. The number of nitrogens with zero attached hydrogens (tertiary/aromatic N) is 2. The molecule has 1 fully saturated rings. The van der Waals surface area contributed by atoms with E-state index in [0.717, 1.165) is 50.4 Å². The van der Waals surface area contributed by atoms with Gasteiger partial charge < -0.3 is 19.7 Å². The van der Waals surface area contributed by atoms with Crippen LogP contribution in [-0.4, -0.2) is 56.9 Å². The predicted molar refractivity (Wildman–Crippen MR) is 103 cm³/mol. The zero-order valence-corrected chi connectivity index (χ0v) is 16.6. The maximum atomic E-state index is 12.9. The second kappa shape index (κ2) is 11.3. The summed E-state index contributed by atoms with van der Waals surface area (Å²) >= 11 is 0. The molecule has 1 aromatic carbocycles. The second-order valence-corrected chi connectivity index (χ2v) is 6.77. The Morgan fingerprint density at radius 3 is 2.64 bits per heavy atom. The molecule has 8 heteroatoms. The number of rotatable bonds is 8. The summed E-state index contributed by atoms with van der Waals surface area (Å²) in [5.41, 5.74) is -0.0989. The van der Waals surface area contributed by atoms with Gasteiger partial charge in [-0.2, -0.15) is 13.2 Å². The van der Waals surface area contributed by atoms with E-state index in [2.05, 4.69) is 15.2 Å². The van der Waals surface area contributed by atoms with Crippen molar-refractivity contribution in [2.24, 2.45) is 4.99 Å². The highest BCUT2D eigenvalue weighted by Gasteiger charge is 2.30. The molecule has 1 heterocycles. The van der Waals surface area contributed by atoms with Crippen LogP contribution in [0.3, 0.4) is 0 Å². The summed E-state index contributed by atoms with van der Waals surface area (Å²) < 4.78 is 49.5. The van der Waals surface area contributed by atoms with Crippen LogP contribution in [0, 0.1) is 0 Å². The SMILES string of the molecule is CCNC(=NCc1cccc(C(F)(F)F)c1)N1CCC(OCCCOC)CC1. The van der Waals surface area contributed by atoms with Gasteiger partial charge >= 0.3 is 6.18 Å². The third-order valence-electron chi connectivity index (χ3n) is 4.59. The molecule has 1 aromatic rings. The minimum Gasteiger partial charge on any atom is -0.385 e. The first-order chi connectivity index (χ1) is 13.4. The van der Waals surface area contributed by atoms with Crippen molar-refractivity contribution in [1.82, 2.24) is 10.2 Å². The van der Waals surface area contributed by atoms with Crippen LogP contribution in [0.5, 0.6) is 0 Å². The van der Waals surface area contributed by atoms with Crippen LogP contribution in [0.15, 0.2) is 29.3 Å². The standard InChI is InChI=1S/C20H30F3N3O2/c1-3-24-19(25-15-16-6-4-7-17(14-16)20(21,22)23)26-10-8-18(9-11-26)28-13-5-12-27-2/h4,6-7,14,18H,3,5,8-13,15H2,1-2H3,(H,24,25). The molecule has 1 saturated heterocycles. The molecule has 158 valence electrons. The number of ether oxygens (including phenoxy) is 2. The fourth-order valence-corrected chi connectivity index (χ4v) is 3.13. The number of hydrogen-bond acceptors (Lipinski definition) is 3. The van der Waals surface area contributed by atoms with Crippen molar-refractivity contribution in [2.75, 3.05) is 40.0 Å². The molecule has 0 aliphatic carbocycles. The lowest BCUT2D eigenvalue weighted by Gasteiger charge is -2.34. The molecule has 0 amide bonds. The van der Waals surface area contributed by atoms with Crippen molar-refractivity contribution in [1.29, 1.82) is 0 Å². The van der Waals surface area contributed by atoms with E-state index in [0.29, 0.717) is 25.3 Å². The molecule has 0 atom stereocenters. The van der Waals surface area contributed by atoms with Crippen molar-refractivity contribution >= 4 is 5.96 Å². The van der Waals surface area contributed by atoms with Gasteiger partial charge in [0, 0.05) is 40.0 Å². The molecule has 0 saturated carbocycles. The zero-order valence-electron chi connectivity index (χ0n) is 16.6. The van der Waals surface area contributed by atoms with E-state index >= 15 is 0 Å². The highest BCUT2D eigenvalue weighted by atomic mass is 19.4. The van der Waals surface area contributed by atoms with Crippen molar-refractivity contribution in [3.63, 3.8) is 0 Å². The van der Waals surface area contributed by atoms with Crippen LogP contribution in [0.2, 0.25) is 0 Å². The lowest BCUT2D eigenvalue weighted by molar-refractivity contribution is -0.137. The summed E-state index contributed by atoms with van der Waals surface area (Å²) in [4.78, 5) is 6.69. The number of nitrogens with one attached hydrogen (secondary N) is 1. The normalized spacial score (nSPS) is 16.5. The highest BCUT2D eigenvalue weighted by molar-refractivity contribution is 5.80. The Morgan fingerprint density at radius 2 is 2.00 bits per heavy atom. The monoisotopic (exact) mass is 401 g/mol. The Labute approximate surface area is 164 Å². The molecule has 2 rings (SSSR count). The van der Waals surface area contributed by atoms with Crippen molar-refractivity contribution in [2.45, 2.75) is 45.0 Å². The summed E-state index contributed by atoms with van der Waals surface area (Å²) in [5, 5.41) is 3.24. The van der Waals surface area contributed by atoms with Gasteiger partial charge in [-0.05, 0) is 43.9 Å². The van der Waals surface area contributed by atoms with Gasteiger partial charge in [-0.15, -0.1) is 0 Å². The Kier molecular flexibility index (Phi) is 9.05. The van der Waals surface area contributed by atoms with Crippen LogP contribution in [0.1, 0.15) is 37.3 Å². The van der Waals surface area contributed by atoms with Gasteiger partial charge in [-0.25, -0.2) is 4.99 Å². The number of alkyl halides is 3. The minimum absolute atomic E-state index is 0.208. The van der Waals surface area contributed by atoms with Crippen molar-refractivity contribution in [3.8, 4) is 0 Å². The summed E-state index contributed by atoms with van der Waals surface area (Å²) in [6.45, 7) is 5.90. The smallest absolute Gasteiger partial charge is 0.385 e. The van der Waals surface area contributed by atoms with Crippen LogP contribution >= 0.6 is 0 Å². The third-order valence-corrected chi connectivity index (χ3v) is 4.59. The molecular formula is C20H30F3N3O2. The van der Waals surface area contributed by atoms with E-state index in [1.165, 1.54) is 6.07 Å². The first-order valence-corrected chi connectivity index (χ1v) is 9.74. The molecule has 1 aliphatic rings. The van der Waals surface area contributed by atoms with Crippen molar-refractivity contribution in [3.05, 3.63) is 35.4 Å². The molecule has 1 aliphatic heterocycles. The number of methoxy groups -OCH3 is 1. The number of likely N-dealkylation sites (tertiary alicyclic amines) is 1. The average Bonchev–Trinajstić information content (AvgIpc) is 2.69. The fourth-order valence-electron chi connectivity index (χ4n) is 3.13. The molecule has 0 aromatic heterocycles. The lowest BCUT2D eigenvalue weighted by atomic mass is 10.1. The molecule has 0 unspecified atom stereocenters. The van der Waals surface area contributed by atoms with E-state index in [1.54, 1.807) is 13.2 Å². The summed E-state index contributed by atoms with van der Waals surface area (Å²) in [7, 11) is 1.68. The number of halogens is 3. The Morgan fingerprint density at radius 1 is 1.25 bits per heavy atom. The number of aliphatic imine (C=N–C) groups is 1. The maximum absolute atomic E-state index is 12.9. The molecule has 0 bridgehead atoms. The Bertz CT molecular complexity index is 615. The van der Waals surface area contributed by atoms with Crippen LogP contribution in [0.25, 0.3) is 0 Å². The van der Waals surface area contributed by atoms with E-state index < -0.39 is 11.7 Å². The fraction of sp³-hybridized carbons (Fsp3) is 0.650. The van der Waals surface area contributed by atoms with Gasteiger partial charge in [0.2, 0.25) is 0 Å². The van der Waals surface area contributed by atoms with Gasteiger partial charge in [0.05, 0.1) is 18.2 Å². The first kappa shape index (κ1) is 22.5. The number of piperidine rings is 1. The molecule has 5 nitrogen and oxygen atoms in total. The number of hydrogen-bond donors (Lipinski definition) is 1. The number of guanidine groups is 1.